The molecule has 3 fully saturated rings. The van der Waals surface area contributed by atoms with Crippen LogP contribution in [0.2, 0.25) is 0 Å². The van der Waals surface area contributed by atoms with Crippen LogP contribution in [-0.2, 0) is 25.8 Å². The van der Waals surface area contributed by atoms with Gasteiger partial charge in [-0.15, -0.1) is 11.7 Å². The zero-order valence-electron chi connectivity index (χ0n) is 19.7. The number of para-hydroxylation sites is 1. The number of hydrogen-bond acceptors (Lipinski definition) is 7. The number of benzene rings is 1. The van der Waals surface area contributed by atoms with E-state index in [9.17, 15) is 24.6 Å². The van der Waals surface area contributed by atoms with Crippen molar-refractivity contribution in [3.8, 4) is 0 Å². The van der Waals surface area contributed by atoms with Gasteiger partial charge in [0.1, 0.15) is 29.7 Å². The Morgan fingerprint density at radius 1 is 1.37 bits per heavy atom. The monoisotopic (exact) mass is 483 g/mol. The summed E-state index contributed by atoms with van der Waals surface area (Å²) in [5.74, 6) is -4.25. The molecule has 0 saturated carbocycles. The van der Waals surface area contributed by atoms with Crippen molar-refractivity contribution in [1.82, 2.24) is 24.8 Å². The number of aliphatic hydroxyl groups is 1. The Bertz CT molecular complexity index is 1210. The normalized spacial score (nSPS) is 33.3. The third-order valence-corrected chi connectivity index (χ3v) is 8.04. The predicted octanol–water partition coefficient (Wildman–Crippen LogP) is 0.491. The highest BCUT2D eigenvalue weighted by Crippen LogP contribution is 2.65. The van der Waals surface area contributed by atoms with Gasteiger partial charge < -0.3 is 24.7 Å². The molecule has 0 radical (unpaired) electrons. The zero-order valence-corrected chi connectivity index (χ0v) is 19.7. The van der Waals surface area contributed by atoms with E-state index < -0.39 is 46.9 Å². The van der Waals surface area contributed by atoms with E-state index in [1.807, 2.05) is 31.2 Å². The lowest BCUT2D eigenvalue weighted by Gasteiger charge is -2.37. The Hall–Kier alpha value is -3.31. The molecule has 3 unspecified atom stereocenters. The standard InChI is InChI=1S/C24H29N5O6/c1-4-9-27(13-29-16-8-6-5-7-15(16)25-26-29)21(32)19-24-12-14(2)23(3,35-24)18(22(33)34)17(24)20(31)28(19)10-11-30/h4-8,14,17-19,30H,1,9-13H2,2-3H3,(H,33,34)/t14?,17-,18+,19?,23-,24?/m0/s1. The van der Waals surface area contributed by atoms with E-state index in [1.54, 1.807) is 17.7 Å². The number of nitrogens with zero attached hydrogens (tertiary/aromatic N) is 5. The average Bonchev–Trinajstić information content (AvgIpc) is 3.48. The molecular weight excluding hydrogens is 454 g/mol. The summed E-state index contributed by atoms with van der Waals surface area (Å²) in [4.78, 5) is 42.8. The van der Waals surface area contributed by atoms with E-state index in [2.05, 4.69) is 16.9 Å². The highest BCUT2D eigenvalue weighted by molar-refractivity contribution is 5.98. The molecule has 2 N–H and O–H groups in total. The Kier molecular flexibility index (Phi) is 5.44. The fraction of sp³-hybridized carbons (Fsp3) is 0.542. The molecule has 2 aromatic rings. The maximum Gasteiger partial charge on any atom is 0.310 e. The quantitative estimate of drug-likeness (QED) is 0.518. The van der Waals surface area contributed by atoms with E-state index in [0.717, 1.165) is 5.52 Å². The molecule has 1 aromatic heterocycles. The number of aromatic nitrogens is 3. The number of likely N-dealkylation sites (tertiary alicyclic amines) is 1. The maximum atomic E-state index is 14.2. The number of carbonyl (C=O) groups is 3. The van der Waals surface area contributed by atoms with E-state index >= 15 is 0 Å². The van der Waals surface area contributed by atoms with Gasteiger partial charge in [-0.3, -0.25) is 14.4 Å². The van der Waals surface area contributed by atoms with Crippen molar-refractivity contribution in [3.63, 3.8) is 0 Å². The number of fused-ring (bicyclic) bond motifs is 2. The summed E-state index contributed by atoms with van der Waals surface area (Å²) < 4.78 is 8.03. The van der Waals surface area contributed by atoms with Crippen LogP contribution >= 0.6 is 0 Å². The van der Waals surface area contributed by atoms with Gasteiger partial charge in [-0.25, -0.2) is 4.68 Å². The smallest absolute Gasteiger partial charge is 0.310 e. The third-order valence-electron chi connectivity index (χ3n) is 8.04. The molecule has 186 valence electrons. The number of rotatable bonds is 8. The van der Waals surface area contributed by atoms with Gasteiger partial charge in [0.25, 0.3) is 0 Å². The summed E-state index contributed by atoms with van der Waals surface area (Å²) in [6.45, 7) is 7.15. The van der Waals surface area contributed by atoms with Crippen molar-refractivity contribution < 1.29 is 29.3 Å². The third kappa shape index (κ3) is 3.14. The van der Waals surface area contributed by atoms with Crippen LogP contribution in [0, 0.1) is 17.8 Å². The summed E-state index contributed by atoms with van der Waals surface area (Å²) in [6.07, 6.45) is 1.95. The Morgan fingerprint density at radius 2 is 2.11 bits per heavy atom. The molecule has 2 bridgehead atoms. The van der Waals surface area contributed by atoms with Crippen molar-refractivity contribution in [2.75, 3.05) is 19.7 Å². The van der Waals surface area contributed by atoms with Gasteiger partial charge in [-0.2, -0.15) is 0 Å². The highest BCUT2D eigenvalue weighted by atomic mass is 16.5. The summed E-state index contributed by atoms with van der Waals surface area (Å²) >= 11 is 0. The lowest BCUT2D eigenvalue weighted by Crippen LogP contribution is -2.57. The number of hydrogen-bond donors (Lipinski definition) is 2. The van der Waals surface area contributed by atoms with Gasteiger partial charge >= 0.3 is 5.97 Å². The number of carboxylic acid groups (broad SMARTS) is 1. The van der Waals surface area contributed by atoms with Crippen LogP contribution in [0.15, 0.2) is 36.9 Å². The first-order valence-electron chi connectivity index (χ1n) is 11.7. The lowest BCUT2D eigenvalue weighted by molar-refractivity contribution is -0.158. The molecule has 2 amide bonds. The predicted molar refractivity (Wildman–Crippen MR) is 123 cm³/mol. The van der Waals surface area contributed by atoms with Crippen LogP contribution in [0.4, 0.5) is 0 Å². The Labute approximate surface area is 201 Å². The molecule has 3 aliphatic rings. The molecule has 11 nitrogen and oxygen atoms in total. The van der Waals surface area contributed by atoms with Gasteiger partial charge in [0.2, 0.25) is 11.8 Å². The van der Waals surface area contributed by atoms with E-state index in [-0.39, 0.29) is 32.3 Å². The van der Waals surface area contributed by atoms with Crippen LogP contribution < -0.4 is 0 Å². The van der Waals surface area contributed by atoms with Gasteiger partial charge in [-0.1, -0.05) is 30.3 Å². The molecule has 6 atom stereocenters. The molecule has 3 aliphatic heterocycles. The van der Waals surface area contributed by atoms with Crippen molar-refractivity contribution in [3.05, 3.63) is 36.9 Å². The van der Waals surface area contributed by atoms with E-state index in [4.69, 9.17) is 4.74 Å². The van der Waals surface area contributed by atoms with Gasteiger partial charge in [0, 0.05) is 13.1 Å². The lowest BCUT2D eigenvalue weighted by atomic mass is 9.62. The van der Waals surface area contributed by atoms with Crippen LogP contribution in [-0.4, -0.2) is 89.7 Å². The van der Waals surface area contributed by atoms with Gasteiger partial charge in [0.15, 0.2) is 0 Å². The molecule has 0 aliphatic carbocycles. The minimum atomic E-state index is -1.29. The molecule has 35 heavy (non-hydrogen) atoms. The largest absolute Gasteiger partial charge is 0.481 e. The number of aliphatic hydroxyl groups excluding tert-OH is 1. The Morgan fingerprint density at radius 3 is 2.80 bits per heavy atom. The molecule has 11 heteroatoms. The maximum absolute atomic E-state index is 14.2. The molecule has 3 saturated heterocycles. The number of amides is 2. The number of carboxylic acids is 1. The second-order valence-electron chi connectivity index (χ2n) is 9.87. The van der Waals surface area contributed by atoms with E-state index in [0.29, 0.717) is 11.9 Å². The minimum Gasteiger partial charge on any atom is -0.481 e. The molecular formula is C24H29N5O6. The SMILES string of the molecule is C=CCN(Cn1nnc2ccccc21)C(=O)C1N(CCO)C(=O)[C@@H]2[C@H](C(=O)O)[C@@]3(C)OC12CC3C. The fourth-order valence-electron chi connectivity index (χ4n) is 6.47. The zero-order chi connectivity index (χ0) is 25.1. The first kappa shape index (κ1) is 23.4. The van der Waals surface area contributed by atoms with Crippen molar-refractivity contribution >= 4 is 28.8 Å². The Balaban J connectivity index is 1.56. The topological polar surface area (TPSA) is 138 Å². The summed E-state index contributed by atoms with van der Waals surface area (Å²) in [6, 6.07) is 6.29. The number of aliphatic carboxylic acids is 1. The summed E-state index contributed by atoms with van der Waals surface area (Å²) in [5, 5.41) is 28.1. The molecule has 1 spiro atoms. The molecule has 1 aromatic carbocycles. The number of carbonyl (C=O) groups excluding carboxylic acids is 2. The average molecular weight is 484 g/mol. The first-order valence-corrected chi connectivity index (χ1v) is 11.7. The number of ether oxygens (including phenoxy) is 1. The fourth-order valence-corrected chi connectivity index (χ4v) is 6.47. The molecule has 5 rings (SSSR count). The van der Waals surface area contributed by atoms with Crippen LogP contribution in [0.1, 0.15) is 20.3 Å². The second kappa shape index (κ2) is 8.13. The summed E-state index contributed by atoms with van der Waals surface area (Å²) in [7, 11) is 0. The van der Waals surface area contributed by atoms with Crippen molar-refractivity contribution in [2.24, 2.45) is 17.8 Å². The molecule has 4 heterocycles. The number of β-amino-alcohol motifs (C(OH)–C–C–N with tert-alkyl or cyclic N) is 1. The van der Waals surface area contributed by atoms with Gasteiger partial charge in [-0.05, 0) is 31.4 Å². The second-order valence-corrected chi connectivity index (χ2v) is 9.87. The van der Waals surface area contributed by atoms with Crippen molar-refractivity contribution in [1.29, 1.82) is 0 Å². The summed E-state index contributed by atoms with van der Waals surface area (Å²) in [5.41, 5.74) is -0.935. The first-order chi connectivity index (χ1) is 16.7. The van der Waals surface area contributed by atoms with Crippen LogP contribution in [0.3, 0.4) is 0 Å². The minimum absolute atomic E-state index is 0.0545. The highest BCUT2D eigenvalue weighted by Gasteiger charge is 2.80. The van der Waals surface area contributed by atoms with Crippen LogP contribution in [0.25, 0.3) is 11.0 Å². The van der Waals surface area contributed by atoms with Crippen LogP contribution in [0.5, 0.6) is 0 Å². The van der Waals surface area contributed by atoms with Crippen molar-refractivity contribution in [2.45, 2.75) is 44.2 Å². The van der Waals surface area contributed by atoms with E-state index in [1.165, 1.54) is 9.80 Å². The van der Waals surface area contributed by atoms with Gasteiger partial charge in [0.05, 0.1) is 23.6 Å².